The number of para-hydroxylation sites is 1. The van der Waals surface area contributed by atoms with Crippen LogP contribution < -0.4 is 4.74 Å². The summed E-state index contributed by atoms with van der Waals surface area (Å²) in [7, 11) is 1.78. The van der Waals surface area contributed by atoms with Crippen LogP contribution in [0.2, 0.25) is 0 Å². The number of hydrogen-bond acceptors (Lipinski definition) is 3. The Kier molecular flexibility index (Phi) is 3.42. The smallest absolute Gasteiger partial charge is 0.233 e. The first-order valence-corrected chi connectivity index (χ1v) is 7.28. The van der Waals surface area contributed by atoms with Crippen molar-refractivity contribution in [3.05, 3.63) is 29.8 Å². The van der Waals surface area contributed by atoms with Gasteiger partial charge in [-0.3, -0.25) is 4.79 Å². The van der Waals surface area contributed by atoms with Gasteiger partial charge in [-0.2, -0.15) is 0 Å². The van der Waals surface area contributed by atoms with Gasteiger partial charge in [0.2, 0.25) is 5.91 Å². The van der Waals surface area contributed by atoms with Crippen molar-refractivity contribution in [2.75, 3.05) is 20.2 Å². The molecule has 4 nitrogen and oxygen atoms in total. The predicted octanol–water partition coefficient (Wildman–Crippen LogP) is 1.93. The fraction of sp³-hybridized carbons (Fsp3) is 0.562. The van der Waals surface area contributed by atoms with Crippen molar-refractivity contribution in [3.8, 4) is 5.75 Å². The molecule has 1 aliphatic carbocycles. The maximum atomic E-state index is 12.6. The molecule has 0 saturated heterocycles. The van der Waals surface area contributed by atoms with Gasteiger partial charge in [-0.05, 0) is 18.9 Å². The first-order valence-electron chi connectivity index (χ1n) is 7.28. The number of amides is 1. The van der Waals surface area contributed by atoms with Gasteiger partial charge in [0.25, 0.3) is 0 Å². The van der Waals surface area contributed by atoms with E-state index in [2.05, 4.69) is 0 Å². The van der Waals surface area contributed by atoms with Crippen LogP contribution >= 0.6 is 0 Å². The second kappa shape index (κ2) is 5.09. The fourth-order valence-electron chi connectivity index (χ4n) is 3.34. The van der Waals surface area contributed by atoms with Crippen molar-refractivity contribution in [1.82, 2.24) is 4.90 Å². The molecule has 1 aromatic rings. The van der Waals surface area contributed by atoms with Crippen LogP contribution in [-0.2, 0) is 4.79 Å². The van der Waals surface area contributed by atoms with Gasteiger partial charge in [0.05, 0.1) is 5.60 Å². The number of likely N-dealkylation sites (N-methyl/N-ethyl adjacent to an activating group) is 1. The fourth-order valence-corrected chi connectivity index (χ4v) is 3.34. The van der Waals surface area contributed by atoms with Gasteiger partial charge in [0.1, 0.15) is 18.3 Å². The predicted molar refractivity (Wildman–Crippen MR) is 75.7 cm³/mol. The summed E-state index contributed by atoms with van der Waals surface area (Å²) in [5, 5.41) is 10.4. The summed E-state index contributed by atoms with van der Waals surface area (Å²) in [6.45, 7) is 0.825. The summed E-state index contributed by atoms with van der Waals surface area (Å²) in [5.41, 5.74) is 0.270. The van der Waals surface area contributed by atoms with E-state index < -0.39 is 5.60 Å². The van der Waals surface area contributed by atoms with E-state index in [4.69, 9.17) is 4.74 Å². The van der Waals surface area contributed by atoms with Gasteiger partial charge < -0.3 is 14.7 Å². The lowest BCUT2D eigenvalue weighted by Crippen LogP contribution is -2.44. The molecule has 1 N–H and O–H groups in total. The molecule has 1 aliphatic heterocycles. The number of fused-ring (bicyclic) bond motifs is 1. The lowest BCUT2D eigenvalue weighted by molar-refractivity contribution is -0.135. The van der Waals surface area contributed by atoms with E-state index in [1.807, 2.05) is 24.3 Å². The van der Waals surface area contributed by atoms with Crippen molar-refractivity contribution in [2.45, 2.75) is 37.2 Å². The van der Waals surface area contributed by atoms with E-state index in [9.17, 15) is 9.90 Å². The second-order valence-corrected chi connectivity index (χ2v) is 6.03. The average molecular weight is 275 g/mol. The van der Waals surface area contributed by atoms with Crippen LogP contribution in [0.5, 0.6) is 5.75 Å². The molecule has 1 fully saturated rings. The molecule has 0 radical (unpaired) electrons. The minimum Gasteiger partial charge on any atom is -0.492 e. The maximum absolute atomic E-state index is 12.6. The second-order valence-electron chi connectivity index (χ2n) is 6.03. The van der Waals surface area contributed by atoms with Gasteiger partial charge in [0.15, 0.2) is 0 Å². The Morgan fingerprint density at radius 2 is 2.10 bits per heavy atom. The van der Waals surface area contributed by atoms with Crippen LogP contribution in [0, 0.1) is 0 Å². The molecule has 1 unspecified atom stereocenters. The maximum Gasteiger partial charge on any atom is 0.233 e. The highest BCUT2D eigenvalue weighted by atomic mass is 16.5. The molecular weight excluding hydrogens is 254 g/mol. The third-order valence-corrected chi connectivity index (χ3v) is 4.44. The summed E-state index contributed by atoms with van der Waals surface area (Å²) in [4.78, 5) is 14.2. The van der Waals surface area contributed by atoms with E-state index in [1.165, 1.54) is 0 Å². The highest BCUT2D eigenvalue weighted by molar-refractivity contribution is 5.85. The molecule has 0 aromatic heterocycles. The van der Waals surface area contributed by atoms with Crippen LogP contribution in [0.1, 0.15) is 37.2 Å². The summed E-state index contributed by atoms with van der Waals surface area (Å²) in [5.74, 6) is 0.607. The third-order valence-electron chi connectivity index (χ3n) is 4.44. The Hall–Kier alpha value is -1.55. The zero-order valence-electron chi connectivity index (χ0n) is 11.8. The first-order chi connectivity index (χ1) is 9.59. The summed E-state index contributed by atoms with van der Waals surface area (Å²) >= 11 is 0. The minimum absolute atomic E-state index is 0.0373. The van der Waals surface area contributed by atoms with Crippen LogP contribution in [0.25, 0.3) is 0 Å². The molecule has 1 aromatic carbocycles. The van der Waals surface area contributed by atoms with Crippen LogP contribution in [0.15, 0.2) is 24.3 Å². The van der Waals surface area contributed by atoms with Gasteiger partial charge in [0, 0.05) is 19.2 Å². The third kappa shape index (κ3) is 2.40. The molecule has 0 spiro atoms. The first kappa shape index (κ1) is 13.4. The molecular formula is C16H21NO3. The Morgan fingerprint density at radius 3 is 2.85 bits per heavy atom. The van der Waals surface area contributed by atoms with E-state index >= 15 is 0 Å². The Labute approximate surface area is 119 Å². The van der Waals surface area contributed by atoms with E-state index in [0.717, 1.165) is 37.0 Å². The molecule has 2 aliphatic rings. The van der Waals surface area contributed by atoms with Gasteiger partial charge in [-0.25, -0.2) is 0 Å². The molecule has 1 atom stereocenters. The topological polar surface area (TPSA) is 49.8 Å². The molecule has 4 heteroatoms. The van der Waals surface area contributed by atoms with E-state index in [1.54, 1.807) is 11.9 Å². The quantitative estimate of drug-likeness (QED) is 0.917. The highest BCUT2D eigenvalue weighted by Crippen LogP contribution is 2.35. The van der Waals surface area contributed by atoms with E-state index in [-0.39, 0.29) is 11.8 Å². The van der Waals surface area contributed by atoms with Crippen molar-refractivity contribution in [3.63, 3.8) is 0 Å². The molecule has 1 amide bonds. The number of rotatable bonds is 3. The molecule has 0 bridgehead atoms. The number of hydrogen-bond donors (Lipinski definition) is 1. The Morgan fingerprint density at radius 1 is 1.40 bits per heavy atom. The van der Waals surface area contributed by atoms with Crippen LogP contribution in [0.3, 0.4) is 0 Å². The summed E-state index contributed by atoms with van der Waals surface area (Å²) in [6, 6.07) is 7.69. The monoisotopic (exact) mass is 275 g/mol. The lowest BCUT2D eigenvalue weighted by atomic mass is 9.97. The number of carbonyl (C=O) groups is 1. The average Bonchev–Trinajstić information content (AvgIpc) is 3.04. The van der Waals surface area contributed by atoms with Crippen molar-refractivity contribution in [1.29, 1.82) is 0 Å². The zero-order valence-corrected chi connectivity index (χ0v) is 11.8. The van der Waals surface area contributed by atoms with Crippen molar-refractivity contribution < 1.29 is 14.6 Å². The van der Waals surface area contributed by atoms with E-state index in [0.29, 0.717) is 13.2 Å². The normalized spacial score (nSPS) is 23.2. The van der Waals surface area contributed by atoms with Crippen LogP contribution in [0.4, 0.5) is 0 Å². The highest BCUT2D eigenvalue weighted by Gasteiger charge is 2.37. The number of carbonyl (C=O) groups excluding carboxylic acids is 1. The van der Waals surface area contributed by atoms with Crippen LogP contribution in [-0.4, -0.2) is 41.7 Å². The standard InChI is InChI=1S/C16H21NO3/c1-17(11-16(19)8-4-5-9-16)15(18)13-10-20-14-7-3-2-6-12(13)14/h2-3,6-7,13,19H,4-5,8-11H2,1H3. The van der Waals surface area contributed by atoms with Crippen molar-refractivity contribution in [2.24, 2.45) is 0 Å². The molecule has 20 heavy (non-hydrogen) atoms. The lowest BCUT2D eigenvalue weighted by Gasteiger charge is -2.30. The summed E-state index contributed by atoms with van der Waals surface area (Å²) in [6.07, 6.45) is 3.69. The van der Waals surface area contributed by atoms with Gasteiger partial charge >= 0.3 is 0 Å². The molecule has 108 valence electrons. The molecule has 1 heterocycles. The Balaban J connectivity index is 1.70. The number of nitrogens with zero attached hydrogens (tertiary/aromatic N) is 1. The number of benzene rings is 1. The summed E-state index contributed by atoms with van der Waals surface area (Å²) < 4.78 is 5.57. The largest absolute Gasteiger partial charge is 0.492 e. The zero-order chi connectivity index (χ0) is 14.2. The number of aliphatic hydroxyl groups is 1. The SMILES string of the molecule is CN(CC1(O)CCCC1)C(=O)C1COc2ccccc21. The molecule has 1 saturated carbocycles. The number of ether oxygens (including phenoxy) is 1. The minimum atomic E-state index is -0.691. The van der Waals surface area contributed by atoms with Gasteiger partial charge in [-0.15, -0.1) is 0 Å². The Bertz CT molecular complexity index is 508. The molecule has 3 rings (SSSR count). The van der Waals surface area contributed by atoms with Crippen molar-refractivity contribution >= 4 is 5.91 Å². The van der Waals surface area contributed by atoms with Gasteiger partial charge in [-0.1, -0.05) is 31.0 Å².